The highest BCUT2D eigenvalue weighted by Crippen LogP contribution is 2.34. The van der Waals surface area contributed by atoms with Gasteiger partial charge in [0.25, 0.3) is 0 Å². The number of hydrogen-bond donors (Lipinski definition) is 0. The minimum Gasteiger partial charge on any atom is -0.256 e. The molecule has 0 spiro atoms. The Bertz CT molecular complexity index is 709. The second kappa shape index (κ2) is 8.10. The van der Waals surface area contributed by atoms with Crippen molar-refractivity contribution in [3.63, 3.8) is 0 Å². The molecule has 0 aliphatic carbocycles. The molecule has 0 radical (unpaired) electrons. The van der Waals surface area contributed by atoms with Gasteiger partial charge in [0.1, 0.15) is 0 Å². The topological polar surface area (TPSA) is 12.4 Å². The SMILES string of the molecule is C=C(C)Cc1ccccc1C=Nc1c(C(C)C)cccc1C(C)C. The van der Waals surface area contributed by atoms with Crippen molar-refractivity contribution in [3.8, 4) is 0 Å². The number of nitrogens with zero attached hydrogens (tertiary/aromatic N) is 1. The van der Waals surface area contributed by atoms with Crippen molar-refractivity contribution in [2.24, 2.45) is 4.99 Å². The molecule has 0 unspecified atom stereocenters. The van der Waals surface area contributed by atoms with Crippen molar-refractivity contribution in [1.29, 1.82) is 0 Å². The van der Waals surface area contributed by atoms with Gasteiger partial charge >= 0.3 is 0 Å². The molecule has 1 heteroatoms. The van der Waals surface area contributed by atoms with Crippen LogP contribution in [0.2, 0.25) is 0 Å². The minimum atomic E-state index is 0.460. The van der Waals surface area contributed by atoms with Gasteiger partial charge in [0.15, 0.2) is 0 Å². The standard InChI is InChI=1S/C23H29N/c1-16(2)14-19-10-7-8-11-20(19)15-24-23-21(17(3)4)12-9-13-22(23)18(5)6/h7-13,15,17-18H,1,14H2,2-6H3. The Morgan fingerprint density at radius 1 is 0.958 bits per heavy atom. The highest BCUT2D eigenvalue weighted by Gasteiger charge is 2.12. The second-order valence-corrected chi connectivity index (χ2v) is 7.19. The molecule has 24 heavy (non-hydrogen) atoms. The van der Waals surface area contributed by atoms with E-state index in [1.165, 1.54) is 27.8 Å². The molecule has 0 fully saturated rings. The van der Waals surface area contributed by atoms with Crippen LogP contribution in [0.3, 0.4) is 0 Å². The van der Waals surface area contributed by atoms with Gasteiger partial charge in [-0.25, -0.2) is 0 Å². The Morgan fingerprint density at radius 2 is 1.54 bits per heavy atom. The number of allylic oxidation sites excluding steroid dienone is 1. The summed E-state index contributed by atoms with van der Waals surface area (Å²) < 4.78 is 0. The Balaban J connectivity index is 2.48. The zero-order chi connectivity index (χ0) is 17.7. The maximum absolute atomic E-state index is 4.93. The molecule has 0 heterocycles. The van der Waals surface area contributed by atoms with Gasteiger partial charge in [-0.3, -0.25) is 4.99 Å². The Hall–Kier alpha value is -2.15. The van der Waals surface area contributed by atoms with Crippen LogP contribution in [-0.2, 0) is 6.42 Å². The van der Waals surface area contributed by atoms with Crippen molar-refractivity contribution in [2.45, 2.75) is 52.9 Å². The summed E-state index contributed by atoms with van der Waals surface area (Å²) in [6, 6.07) is 15.0. The number of para-hydroxylation sites is 1. The summed E-state index contributed by atoms with van der Waals surface area (Å²) in [5.74, 6) is 0.919. The Morgan fingerprint density at radius 3 is 2.08 bits per heavy atom. The lowest BCUT2D eigenvalue weighted by atomic mass is 9.93. The summed E-state index contributed by atoms with van der Waals surface area (Å²) in [4.78, 5) is 4.93. The fourth-order valence-electron chi connectivity index (χ4n) is 2.94. The highest BCUT2D eigenvalue weighted by molar-refractivity contribution is 5.85. The first-order chi connectivity index (χ1) is 11.4. The summed E-state index contributed by atoms with van der Waals surface area (Å²) >= 11 is 0. The van der Waals surface area contributed by atoms with E-state index >= 15 is 0 Å². The lowest BCUT2D eigenvalue weighted by Gasteiger charge is -2.16. The summed E-state index contributed by atoms with van der Waals surface area (Å²) in [7, 11) is 0. The van der Waals surface area contributed by atoms with E-state index in [1.807, 2.05) is 6.21 Å². The van der Waals surface area contributed by atoms with Crippen molar-refractivity contribution in [3.05, 3.63) is 76.9 Å². The van der Waals surface area contributed by atoms with Crippen molar-refractivity contribution >= 4 is 11.9 Å². The highest BCUT2D eigenvalue weighted by atomic mass is 14.7. The smallest absolute Gasteiger partial charge is 0.0699 e. The Kier molecular flexibility index (Phi) is 6.14. The molecule has 2 aromatic rings. The van der Waals surface area contributed by atoms with E-state index in [4.69, 9.17) is 4.99 Å². The molecule has 0 aromatic heterocycles. The Labute approximate surface area is 147 Å². The van der Waals surface area contributed by atoms with E-state index in [0.717, 1.165) is 12.1 Å². The maximum Gasteiger partial charge on any atom is 0.0699 e. The summed E-state index contributed by atoms with van der Waals surface area (Å²) in [5.41, 5.74) is 7.38. The van der Waals surface area contributed by atoms with Gasteiger partial charge in [-0.1, -0.05) is 82.3 Å². The van der Waals surface area contributed by atoms with Crippen LogP contribution in [0, 0.1) is 0 Å². The minimum absolute atomic E-state index is 0.460. The van der Waals surface area contributed by atoms with Gasteiger partial charge in [0.05, 0.1) is 5.69 Å². The first-order valence-electron chi connectivity index (χ1n) is 8.79. The zero-order valence-electron chi connectivity index (χ0n) is 15.6. The molecule has 0 N–H and O–H groups in total. The van der Waals surface area contributed by atoms with Crippen LogP contribution >= 0.6 is 0 Å². The largest absolute Gasteiger partial charge is 0.256 e. The van der Waals surface area contributed by atoms with Gasteiger partial charge in [-0.15, -0.1) is 0 Å². The van der Waals surface area contributed by atoms with E-state index in [2.05, 4.69) is 83.7 Å². The average molecular weight is 319 g/mol. The maximum atomic E-state index is 4.93. The molecule has 0 amide bonds. The van der Waals surface area contributed by atoms with Crippen LogP contribution in [0.5, 0.6) is 0 Å². The van der Waals surface area contributed by atoms with E-state index in [1.54, 1.807) is 0 Å². The lowest BCUT2D eigenvalue weighted by molar-refractivity contribution is 0.835. The van der Waals surface area contributed by atoms with Crippen LogP contribution in [0.15, 0.2) is 59.6 Å². The van der Waals surface area contributed by atoms with E-state index in [0.29, 0.717) is 11.8 Å². The van der Waals surface area contributed by atoms with Crippen LogP contribution in [-0.4, -0.2) is 6.21 Å². The molecule has 0 atom stereocenters. The van der Waals surface area contributed by atoms with Crippen LogP contribution in [0.25, 0.3) is 0 Å². The predicted octanol–water partition coefficient (Wildman–Crippen LogP) is 6.80. The molecular weight excluding hydrogens is 290 g/mol. The lowest BCUT2D eigenvalue weighted by Crippen LogP contribution is -1.97. The van der Waals surface area contributed by atoms with Gasteiger partial charge in [0.2, 0.25) is 0 Å². The van der Waals surface area contributed by atoms with Gasteiger partial charge in [-0.05, 0) is 47.4 Å². The zero-order valence-corrected chi connectivity index (χ0v) is 15.6. The molecule has 0 bridgehead atoms. The third-order valence-electron chi connectivity index (χ3n) is 4.22. The molecule has 1 nitrogen and oxygen atoms in total. The normalized spacial score (nSPS) is 11.6. The summed E-state index contributed by atoms with van der Waals surface area (Å²) in [5, 5.41) is 0. The van der Waals surface area contributed by atoms with Crippen molar-refractivity contribution in [1.82, 2.24) is 0 Å². The van der Waals surface area contributed by atoms with Gasteiger partial charge < -0.3 is 0 Å². The average Bonchev–Trinajstić information content (AvgIpc) is 2.53. The molecule has 0 saturated heterocycles. The quantitative estimate of drug-likeness (QED) is 0.410. The van der Waals surface area contributed by atoms with E-state index in [-0.39, 0.29) is 0 Å². The third kappa shape index (κ3) is 4.44. The molecule has 2 aromatic carbocycles. The van der Waals surface area contributed by atoms with Crippen molar-refractivity contribution < 1.29 is 0 Å². The number of rotatable bonds is 6. The third-order valence-corrected chi connectivity index (χ3v) is 4.22. The fraction of sp³-hybridized carbons (Fsp3) is 0.348. The number of benzene rings is 2. The summed E-state index contributed by atoms with van der Waals surface area (Å²) in [6.07, 6.45) is 2.91. The summed E-state index contributed by atoms with van der Waals surface area (Å²) in [6.45, 7) is 15.0. The fourth-order valence-corrected chi connectivity index (χ4v) is 2.94. The van der Waals surface area contributed by atoms with E-state index in [9.17, 15) is 0 Å². The van der Waals surface area contributed by atoms with Crippen LogP contribution in [0.1, 0.15) is 68.7 Å². The van der Waals surface area contributed by atoms with Gasteiger partial charge in [0, 0.05) is 6.21 Å². The molecule has 2 rings (SSSR count). The molecule has 0 aliphatic rings. The monoisotopic (exact) mass is 319 g/mol. The number of aliphatic imine (C=N–C) groups is 1. The van der Waals surface area contributed by atoms with Gasteiger partial charge in [-0.2, -0.15) is 0 Å². The molecule has 0 saturated carbocycles. The molecular formula is C23H29N. The van der Waals surface area contributed by atoms with E-state index < -0.39 is 0 Å². The van der Waals surface area contributed by atoms with Crippen molar-refractivity contribution in [2.75, 3.05) is 0 Å². The predicted molar refractivity (Wildman–Crippen MR) is 107 cm³/mol. The molecule has 0 aliphatic heterocycles. The first kappa shape index (κ1) is 18.2. The first-order valence-corrected chi connectivity index (χ1v) is 8.79. The van der Waals surface area contributed by atoms with Crippen LogP contribution < -0.4 is 0 Å². The molecule has 126 valence electrons. The second-order valence-electron chi connectivity index (χ2n) is 7.19. The number of hydrogen-bond acceptors (Lipinski definition) is 1. The van der Waals surface area contributed by atoms with Crippen LogP contribution in [0.4, 0.5) is 5.69 Å².